The number of dihydropyridines is 1. The molecule has 0 spiro atoms. The third kappa shape index (κ3) is 2.96. The number of aliphatic imine (C=N–C) groups is 1. The van der Waals surface area contributed by atoms with Gasteiger partial charge in [0.15, 0.2) is 5.76 Å². The van der Waals surface area contributed by atoms with Crippen molar-refractivity contribution in [1.29, 1.82) is 0 Å². The van der Waals surface area contributed by atoms with Crippen molar-refractivity contribution >= 4 is 17.6 Å². The van der Waals surface area contributed by atoms with Crippen LogP contribution in [-0.2, 0) is 14.3 Å². The number of allylic oxidation sites excluding steroid dienone is 1. The zero-order valence-electron chi connectivity index (χ0n) is 9.67. The van der Waals surface area contributed by atoms with Crippen LogP contribution in [0.1, 0.15) is 20.8 Å². The first-order valence-corrected chi connectivity index (χ1v) is 4.99. The van der Waals surface area contributed by atoms with Crippen LogP contribution in [-0.4, -0.2) is 28.6 Å². The minimum atomic E-state index is -1.72. The Kier molecular flexibility index (Phi) is 3.72. The quantitative estimate of drug-likeness (QED) is 0.411. The Morgan fingerprint density at radius 2 is 2.18 bits per heavy atom. The molecule has 1 rings (SSSR count). The van der Waals surface area contributed by atoms with Gasteiger partial charge >= 0.3 is 17.9 Å². The van der Waals surface area contributed by atoms with Gasteiger partial charge in [-0.05, 0) is 6.92 Å². The predicted octanol–water partition coefficient (Wildman–Crippen LogP) is 0.716. The third-order valence-electron chi connectivity index (χ3n) is 2.04. The standard InChI is InChI=1S/C10H12N2O5/c1-5(2)10(14)17-7-4-6(3)11-9(13)8(7)12(15)16/h4-5,8H,1-3H3. The third-order valence-corrected chi connectivity index (χ3v) is 2.04. The number of ether oxygens (including phenoxy) is 1. The van der Waals surface area contributed by atoms with E-state index in [9.17, 15) is 19.7 Å². The zero-order valence-corrected chi connectivity index (χ0v) is 9.67. The molecular weight excluding hydrogens is 228 g/mol. The molecule has 92 valence electrons. The average molecular weight is 240 g/mol. The van der Waals surface area contributed by atoms with E-state index in [2.05, 4.69) is 4.99 Å². The zero-order chi connectivity index (χ0) is 13.2. The lowest BCUT2D eigenvalue weighted by Crippen LogP contribution is -2.36. The highest BCUT2D eigenvalue weighted by molar-refractivity contribution is 6.06. The molecule has 1 amide bonds. The van der Waals surface area contributed by atoms with Crippen molar-refractivity contribution in [2.75, 3.05) is 0 Å². The Hall–Kier alpha value is -2.05. The SMILES string of the molecule is CC1=NC(=O)C([N+](=O)[O-])C(OC(=O)C(C)C)=C1. The molecule has 1 aliphatic heterocycles. The minimum absolute atomic E-state index is 0.272. The molecule has 17 heavy (non-hydrogen) atoms. The molecule has 1 heterocycles. The molecule has 1 aliphatic rings. The predicted molar refractivity (Wildman–Crippen MR) is 57.9 cm³/mol. The summed E-state index contributed by atoms with van der Waals surface area (Å²) >= 11 is 0. The summed E-state index contributed by atoms with van der Waals surface area (Å²) in [6, 6.07) is -1.72. The Balaban J connectivity index is 3.00. The van der Waals surface area contributed by atoms with E-state index in [0.29, 0.717) is 0 Å². The van der Waals surface area contributed by atoms with Crippen molar-refractivity contribution in [3.05, 3.63) is 21.9 Å². The highest BCUT2D eigenvalue weighted by Gasteiger charge is 2.39. The molecule has 0 aromatic rings. The first kappa shape index (κ1) is 13.0. The minimum Gasteiger partial charge on any atom is -0.423 e. The second-order valence-corrected chi connectivity index (χ2v) is 3.90. The maximum absolute atomic E-state index is 11.4. The number of amides is 1. The normalized spacial score (nSPS) is 19.8. The van der Waals surface area contributed by atoms with E-state index in [1.54, 1.807) is 13.8 Å². The van der Waals surface area contributed by atoms with E-state index in [1.165, 1.54) is 13.0 Å². The number of nitro groups is 1. The second-order valence-electron chi connectivity index (χ2n) is 3.90. The molecule has 1 atom stereocenters. The Labute approximate surface area is 97.3 Å². The van der Waals surface area contributed by atoms with Crippen molar-refractivity contribution in [2.24, 2.45) is 10.9 Å². The average Bonchev–Trinajstić information content (AvgIpc) is 2.14. The van der Waals surface area contributed by atoms with Crippen LogP contribution in [0.2, 0.25) is 0 Å². The lowest BCUT2D eigenvalue weighted by atomic mass is 10.1. The summed E-state index contributed by atoms with van der Waals surface area (Å²) in [7, 11) is 0. The van der Waals surface area contributed by atoms with Gasteiger partial charge < -0.3 is 4.74 Å². The maximum atomic E-state index is 11.4. The molecule has 0 aromatic heterocycles. The van der Waals surface area contributed by atoms with E-state index < -0.39 is 28.8 Å². The summed E-state index contributed by atoms with van der Waals surface area (Å²) in [4.78, 5) is 36.1. The Morgan fingerprint density at radius 3 is 2.65 bits per heavy atom. The highest BCUT2D eigenvalue weighted by atomic mass is 16.6. The summed E-state index contributed by atoms with van der Waals surface area (Å²) < 4.78 is 4.85. The summed E-state index contributed by atoms with van der Waals surface area (Å²) in [6.45, 7) is 4.68. The van der Waals surface area contributed by atoms with E-state index in [0.717, 1.165) is 0 Å². The van der Waals surface area contributed by atoms with Crippen molar-refractivity contribution in [1.82, 2.24) is 0 Å². The van der Waals surface area contributed by atoms with Crippen LogP contribution in [0.25, 0.3) is 0 Å². The van der Waals surface area contributed by atoms with E-state index >= 15 is 0 Å². The molecule has 0 saturated carbocycles. The van der Waals surface area contributed by atoms with Crippen molar-refractivity contribution in [2.45, 2.75) is 26.8 Å². The summed E-state index contributed by atoms with van der Waals surface area (Å²) in [5, 5.41) is 10.7. The second kappa shape index (κ2) is 4.86. The van der Waals surface area contributed by atoms with Gasteiger partial charge in [0.25, 0.3) is 0 Å². The molecule has 0 N–H and O–H groups in total. The number of carbonyl (C=O) groups excluding carboxylic acids is 2. The molecule has 7 heteroatoms. The molecule has 0 fully saturated rings. The number of rotatable bonds is 3. The van der Waals surface area contributed by atoms with Gasteiger partial charge in [-0.25, -0.2) is 4.99 Å². The largest absolute Gasteiger partial charge is 0.423 e. The molecule has 0 bridgehead atoms. The van der Waals surface area contributed by atoms with Gasteiger partial charge in [-0.15, -0.1) is 0 Å². The van der Waals surface area contributed by atoms with Gasteiger partial charge in [0, 0.05) is 16.7 Å². The molecule has 0 saturated heterocycles. The van der Waals surface area contributed by atoms with Crippen LogP contribution in [0, 0.1) is 16.0 Å². The lowest BCUT2D eigenvalue weighted by Gasteiger charge is -2.15. The lowest BCUT2D eigenvalue weighted by molar-refractivity contribution is -0.501. The molecule has 7 nitrogen and oxygen atoms in total. The summed E-state index contributed by atoms with van der Waals surface area (Å²) in [6.07, 6.45) is 1.23. The molecule has 0 radical (unpaired) electrons. The number of hydrogen-bond donors (Lipinski definition) is 0. The van der Waals surface area contributed by atoms with Gasteiger partial charge in [-0.3, -0.25) is 19.7 Å². The van der Waals surface area contributed by atoms with Crippen molar-refractivity contribution in [3.8, 4) is 0 Å². The van der Waals surface area contributed by atoms with Crippen LogP contribution in [0.3, 0.4) is 0 Å². The Morgan fingerprint density at radius 1 is 1.59 bits per heavy atom. The highest BCUT2D eigenvalue weighted by Crippen LogP contribution is 2.17. The first-order chi connectivity index (χ1) is 7.82. The van der Waals surface area contributed by atoms with E-state index in [-0.39, 0.29) is 11.5 Å². The topological polar surface area (TPSA) is 98.9 Å². The van der Waals surface area contributed by atoms with E-state index in [1.807, 2.05) is 0 Å². The molecule has 0 aromatic carbocycles. The number of nitrogens with zero attached hydrogens (tertiary/aromatic N) is 2. The molecular formula is C10H12N2O5. The molecule has 0 aliphatic carbocycles. The monoisotopic (exact) mass is 240 g/mol. The van der Waals surface area contributed by atoms with Gasteiger partial charge in [-0.2, -0.15) is 0 Å². The van der Waals surface area contributed by atoms with Crippen LogP contribution < -0.4 is 0 Å². The fourth-order valence-electron chi connectivity index (χ4n) is 1.19. The molecule has 1 unspecified atom stereocenters. The smallest absolute Gasteiger partial charge is 0.348 e. The van der Waals surface area contributed by atoms with Crippen molar-refractivity contribution in [3.63, 3.8) is 0 Å². The van der Waals surface area contributed by atoms with Gasteiger partial charge in [0.1, 0.15) is 0 Å². The fraction of sp³-hybridized carbons (Fsp3) is 0.500. The number of carbonyl (C=O) groups is 2. The van der Waals surface area contributed by atoms with Gasteiger partial charge in [-0.1, -0.05) is 13.8 Å². The maximum Gasteiger partial charge on any atom is 0.348 e. The van der Waals surface area contributed by atoms with Crippen LogP contribution >= 0.6 is 0 Å². The van der Waals surface area contributed by atoms with Crippen LogP contribution in [0.4, 0.5) is 0 Å². The fourth-order valence-corrected chi connectivity index (χ4v) is 1.19. The number of hydrogen-bond acceptors (Lipinski definition) is 5. The van der Waals surface area contributed by atoms with Crippen LogP contribution in [0.15, 0.2) is 16.8 Å². The van der Waals surface area contributed by atoms with E-state index in [4.69, 9.17) is 4.74 Å². The van der Waals surface area contributed by atoms with Crippen molar-refractivity contribution < 1.29 is 19.2 Å². The van der Waals surface area contributed by atoms with Crippen LogP contribution in [0.5, 0.6) is 0 Å². The summed E-state index contributed by atoms with van der Waals surface area (Å²) in [5.41, 5.74) is 0.277. The Bertz CT molecular complexity index is 436. The van der Waals surface area contributed by atoms with Gasteiger partial charge in [0.05, 0.1) is 5.92 Å². The van der Waals surface area contributed by atoms with Gasteiger partial charge in [0.2, 0.25) is 0 Å². The first-order valence-electron chi connectivity index (χ1n) is 4.99. The summed E-state index contributed by atoms with van der Waals surface area (Å²) in [5.74, 6) is -2.25. The number of esters is 1.